The van der Waals surface area contributed by atoms with E-state index in [2.05, 4.69) is 11.6 Å². The van der Waals surface area contributed by atoms with Crippen molar-refractivity contribution < 1.29 is 9.84 Å². The Morgan fingerprint density at radius 2 is 2.24 bits per heavy atom. The van der Waals surface area contributed by atoms with Gasteiger partial charge in [-0.25, -0.2) is 0 Å². The second-order valence-electron chi connectivity index (χ2n) is 4.49. The Hall–Kier alpha value is -0.870. The number of thioether (sulfide) groups is 1. The third kappa shape index (κ3) is 3.07. The molecule has 0 bridgehead atoms. The molecule has 4 heteroatoms. The minimum absolute atomic E-state index is 0.326. The van der Waals surface area contributed by atoms with Crippen molar-refractivity contribution in [2.45, 2.75) is 24.1 Å². The summed E-state index contributed by atoms with van der Waals surface area (Å²) in [6.45, 7) is 1.69. The summed E-state index contributed by atoms with van der Waals surface area (Å²) < 4.78 is 5.60. The standard InChI is InChI=1S/C13H19NO2S/c1-16-11-3-4-12(15)10(7-11)8-14-9-13(17-2)5-6-13/h3-4,7,14-15H,5-6,8-9H2,1-2H3. The van der Waals surface area contributed by atoms with Crippen molar-refractivity contribution in [2.24, 2.45) is 0 Å². The van der Waals surface area contributed by atoms with Gasteiger partial charge < -0.3 is 15.2 Å². The molecule has 2 N–H and O–H groups in total. The van der Waals surface area contributed by atoms with Gasteiger partial charge in [-0.3, -0.25) is 0 Å². The van der Waals surface area contributed by atoms with Gasteiger partial charge in [-0.15, -0.1) is 0 Å². The SMILES string of the molecule is COc1ccc(O)c(CNCC2(SC)CC2)c1. The molecule has 1 saturated carbocycles. The zero-order chi connectivity index (χ0) is 12.3. The van der Waals surface area contributed by atoms with Crippen molar-refractivity contribution in [1.29, 1.82) is 0 Å². The number of phenols is 1. The Morgan fingerprint density at radius 1 is 1.47 bits per heavy atom. The van der Waals surface area contributed by atoms with E-state index in [1.54, 1.807) is 19.2 Å². The van der Waals surface area contributed by atoms with Crippen molar-refractivity contribution >= 4 is 11.8 Å². The van der Waals surface area contributed by atoms with Gasteiger partial charge in [0.1, 0.15) is 11.5 Å². The number of benzene rings is 1. The molecule has 1 aliphatic rings. The first-order valence-electron chi connectivity index (χ1n) is 5.81. The highest BCUT2D eigenvalue weighted by Crippen LogP contribution is 2.46. The molecule has 0 amide bonds. The van der Waals surface area contributed by atoms with Gasteiger partial charge in [0.05, 0.1) is 7.11 Å². The molecule has 0 heterocycles. The second kappa shape index (κ2) is 5.19. The molecule has 17 heavy (non-hydrogen) atoms. The summed E-state index contributed by atoms with van der Waals surface area (Å²) in [4.78, 5) is 0. The number of aromatic hydroxyl groups is 1. The summed E-state index contributed by atoms with van der Waals surface area (Å²) in [5, 5.41) is 13.1. The van der Waals surface area contributed by atoms with Crippen molar-refractivity contribution in [3.63, 3.8) is 0 Å². The van der Waals surface area contributed by atoms with Crippen molar-refractivity contribution in [2.75, 3.05) is 19.9 Å². The van der Waals surface area contributed by atoms with Crippen LogP contribution in [-0.2, 0) is 6.54 Å². The van der Waals surface area contributed by atoms with Crippen LogP contribution in [0.4, 0.5) is 0 Å². The van der Waals surface area contributed by atoms with Crippen molar-refractivity contribution in [3.05, 3.63) is 23.8 Å². The van der Waals surface area contributed by atoms with E-state index in [1.807, 2.05) is 17.8 Å². The third-order valence-electron chi connectivity index (χ3n) is 3.29. The summed E-state index contributed by atoms with van der Waals surface area (Å²) in [7, 11) is 1.64. The first kappa shape index (κ1) is 12.6. The molecule has 0 saturated heterocycles. The Morgan fingerprint density at radius 3 is 2.82 bits per heavy atom. The molecule has 0 spiro atoms. The second-order valence-corrected chi connectivity index (χ2v) is 5.76. The number of ether oxygens (including phenoxy) is 1. The molecule has 3 nitrogen and oxygen atoms in total. The summed E-state index contributed by atoms with van der Waals surface area (Å²) in [6, 6.07) is 5.32. The molecule has 1 aliphatic carbocycles. The maximum Gasteiger partial charge on any atom is 0.120 e. The average molecular weight is 253 g/mol. The van der Waals surface area contributed by atoms with Crippen LogP contribution in [0.25, 0.3) is 0 Å². The maximum absolute atomic E-state index is 9.73. The molecular formula is C13H19NO2S. The number of nitrogens with one attached hydrogen (secondary N) is 1. The largest absolute Gasteiger partial charge is 0.508 e. The molecule has 0 radical (unpaired) electrons. The van der Waals surface area contributed by atoms with Crippen LogP contribution in [0.1, 0.15) is 18.4 Å². The van der Waals surface area contributed by atoms with Crippen LogP contribution in [0.3, 0.4) is 0 Å². The highest BCUT2D eigenvalue weighted by molar-refractivity contribution is 8.00. The quantitative estimate of drug-likeness (QED) is 0.817. The van der Waals surface area contributed by atoms with E-state index in [0.29, 0.717) is 17.0 Å². The number of phenolic OH excluding ortho intramolecular Hbond substituents is 1. The first-order chi connectivity index (χ1) is 8.19. The average Bonchev–Trinajstić information content (AvgIpc) is 3.12. The molecule has 0 aromatic heterocycles. The number of rotatable bonds is 6. The topological polar surface area (TPSA) is 41.5 Å². The minimum atomic E-state index is 0.326. The molecule has 2 rings (SSSR count). The fourth-order valence-corrected chi connectivity index (χ4v) is 2.60. The van der Waals surface area contributed by atoms with Crippen LogP contribution in [0, 0.1) is 0 Å². The van der Waals surface area contributed by atoms with Crippen LogP contribution in [0.5, 0.6) is 11.5 Å². The lowest BCUT2D eigenvalue weighted by molar-refractivity contribution is 0.410. The monoisotopic (exact) mass is 253 g/mol. The van der Waals surface area contributed by atoms with Crippen LogP contribution in [-0.4, -0.2) is 29.8 Å². The lowest BCUT2D eigenvalue weighted by Crippen LogP contribution is -2.25. The van der Waals surface area contributed by atoms with E-state index in [1.165, 1.54) is 12.8 Å². The molecule has 1 aromatic rings. The molecule has 0 atom stereocenters. The lowest BCUT2D eigenvalue weighted by atomic mass is 10.2. The highest BCUT2D eigenvalue weighted by Gasteiger charge is 2.41. The number of hydrogen-bond donors (Lipinski definition) is 2. The Balaban J connectivity index is 1.89. The number of hydrogen-bond acceptors (Lipinski definition) is 4. The van der Waals surface area contributed by atoms with Gasteiger partial charge in [0.15, 0.2) is 0 Å². The summed E-state index contributed by atoms with van der Waals surface area (Å²) in [6.07, 6.45) is 4.76. The zero-order valence-electron chi connectivity index (χ0n) is 10.3. The van der Waals surface area contributed by atoms with Crippen LogP contribution >= 0.6 is 11.8 Å². The van der Waals surface area contributed by atoms with Gasteiger partial charge in [0.25, 0.3) is 0 Å². The Kier molecular flexibility index (Phi) is 3.84. The molecule has 0 unspecified atom stereocenters. The van der Waals surface area contributed by atoms with Gasteiger partial charge >= 0.3 is 0 Å². The van der Waals surface area contributed by atoms with E-state index < -0.39 is 0 Å². The molecule has 1 aromatic carbocycles. The first-order valence-corrected chi connectivity index (χ1v) is 7.03. The maximum atomic E-state index is 9.73. The van der Waals surface area contributed by atoms with Crippen LogP contribution in [0.15, 0.2) is 18.2 Å². The van der Waals surface area contributed by atoms with Gasteiger partial charge in [-0.1, -0.05) is 0 Å². The third-order valence-corrected chi connectivity index (χ3v) is 4.71. The summed E-state index contributed by atoms with van der Waals surface area (Å²) >= 11 is 1.94. The zero-order valence-corrected chi connectivity index (χ0v) is 11.1. The highest BCUT2D eigenvalue weighted by atomic mass is 32.2. The van der Waals surface area contributed by atoms with E-state index in [9.17, 15) is 5.11 Å². The van der Waals surface area contributed by atoms with E-state index in [0.717, 1.165) is 17.9 Å². The predicted molar refractivity (Wildman–Crippen MR) is 71.8 cm³/mol. The van der Waals surface area contributed by atoms with Crippen LogP contribution < -0.4 is 10.1 Å². The van der Waals surface area contributed by atoms with Crippen LogP contribution in [0.2, 0.25) is 0 Å². The molecular weight excluding hydrogens is 234 g/mol. The number of methoxy groups -OCH3 is 1. The van der Waals surface area contributed by atoms with Gasteiger partial charge in [-0.2, -0.15) is 11.8 Å². The van der Waals surface area contributed by atoms with Gasteiger partial charge in [0.2, 0.25) is 0 Å². The van der Waals surface area contributed by atoms with Gasteiger partial charge in [0, 0.05) is 23.4 Å². The Labute approximate surface area is 107 Å². The Bertz CT molecular complexity index is 391. The molecule has 0 aliphatic heterocycles. The normalized spacial score (nSPS) is 16.8. The molecule has 94 valence electrons. The summed E-state index contributed by atoms with van der Waals surface area (Å²) in [5.41, 5.74) is 0.890. The van der Waals surface area contributed by atoms with E-state index in [-0.39, 0.29) is 0 Å². The summed E-state index contributed by atoms with van der Waals surface area (Å²) in [5.74, 6) is 1.11. The lowest BCUT2D eigenvalue weighted by Gasteiger charge is -2.14. The van der Waals surface area contributed by atoms with E-state index in [4.69, 9.17) is 4.74 Å². The molecule has 1 fully saturated rings. The van der Waals surface area contributed by atoms with Crippen molar-refractivity contribution in [1.82, 2.24) is 5.32 Å². The fourth-order valence-electron chi connectivity index (χ4n) is 1.85. The minimum Gasteiger partial charge on any atom is -0.508 e. The predicted octanol–water partition coefficient (Wildman–Crippen LogP) is 2.39. The van der Waals surface area contributed by atoms with Crippen molar-refractivity contribution in [3.8, 4) is 11.5 Å². The van der Waals surface area contributed by atoms with Gasteiger partial charge in [-0.05, 0) is 37.3 Å². The fraction of sp³-hybridized carbons (Fsp3) is 0.538. The van der Waals surface area contributed by atoms with E-state index >= 15 is 0 Å². The smallest absolute Gasteiger partial charge is 0.120 e.